The molecule has 2 aromatic heterocycles. The molecule has 0 spiro atoms. The summed E-state index contributed by atoms with van der Waals surface area (Å²) in [6.45, 7) is 6.18. The summed E-state index contributed by atoms with van der Waals surface area (Å²) >= 11 is 6.41. The number of morpholine rings is 1. The van der Waals surface area contributed by atoms with Crippen LogP contribution in [0.2, 0.25) is 5.02 Å². The van der Waals surface area contributed by atoms with Crippen molar-refractivity contribution in [2.45, 2.75) is 13.1 Å². The van der Waals surface area contributed by atoms with Crippen molar-refractivity contribution in [1.29, 1.82) is 0 Å². The van der Waals surface area contributed by atoms with E-state index in [1.807, 2.05) is 58.6 Å². The molecule has 202 valence electrons. The molecular formula is C28H31ClN8O2. The molecule has 2 aliphatic rings. The monoisotopic (exact) mass is 546 g/mol. The molecule has 0 aliphatic carbocycles. The van der Waals surface area contributed by atoms with E-state index in [4.69, 9.17) is 26.3 Å². The van der Waals surface area contributed by atoms with Gasteiger partial charge in [0.05, 0.1) is 26.1 Å². The summed E-state index contributed by atoms with van der Waals surface area (Å²) in [5.74, 6) is 1.28. The molecule has 11 heteroatoms. The van der Waals surface area contributed by atoms with Crippen LogP contribution in [0.3, 0.4) is 0 Å². The van der Waals surface area contributed by atoms with Crippen molar-refractivity contribution in [2.75, 3.05) is 62.7 Å². The molecule has 0 bridgehead atoms. The molecule has 0 unspecified atom stereocenters. The molecule has 2 saturated heterocycles. The number of rotatable bonds is 6. The van der Waals surface area contributed by atoms with Crippen molar-refractivity contribution >= 4 is 40.6 Å². The molecule has 2 fully saturated rings. The van der Waals surface area contributed by atoms with Crippen LogP contribution in [-0.4, -0.2) is 87.8 Å². The zero-order valence-corrected chi connectivity index (χ0v) is 22.4. The maximum Gasteiger partial charge on any atom is 0.320 e. The summed E-state index contributed by atoms with van der Waals surface area (Å²) in [6, 6.07) is 18.1. The number of halogens is 1. The summed E-state index contributed by atoms with van der Waals surface area (Å²) in [5, 5.41) is 4.15. The zero-order chi connectivity index (χ0) is 26.6. The average Bonchev–Trinajstić information content (AvgIpc) is 3.40. The summed E-state index contributed by atoms with van der Waals surface area (Å²) in [7, 11) is 0. The number of urea groups is 1. The van der Waals surface area contributed by atoms with Gasteiger partial charge >= 0.3 is 6.03 Å². The van der Waals surface area contributed by atoms with Gasteiger partial charge in [-0.1, -0.05) is 60.1 Å². The first-order valence-electron chi connectivity index (χ1n) is 13.3. The minimum atomic E-state index is 0.0809. The molecule has 4 heterocycles. The number of benzene rings is 2. The van der Waals surface area contributed by atoms with Gasteiger partial charge in [0.1, 0.15) is 0 Å². The Kier molecular flexibility index (Phi) is 7.46. The first-order valence-corrected chi connectivity index (χ1v) is 13.6. The third kappa shape index (κ3) is 5.62. The molecule has 10 nitrogen and oxygen atoms in total. The van der Waals surface area contributed by atoms with Crippen LogP contribution in [0.5, 0.6) is 0 Å². The second kappa shape index (κ2) is 11.5. The Labute approximate surface area is 232 Å². The van der Waals surface area contributed by atoms with Crippen LogP contribution in [0.15, 0.2) is 60.9 Å². The number of carbonyl (C=O) groups excluding carboxylic acids is 1. The van der Waals surface area contributed by atoms with Gasteiger partial charge in [-0.2, -0.15) is 9.97 Å². The summed E-state index contributed by atoms with van der Waals surface area (Å²) in [4.78, 5) is 33.4. The number of nitrogens with one attached hydrogen (secondary N) is 1. The Balaban J connectivity index is 1.25. The van der Waals surface area contributed by atoms with E-state index in [0.717, 1.165) is 16.8 Å². The molecule has 2 aromatic carbocycles. The van der Waals surface area contributed by atoms with E-state index in [-0.39, 0.29) is 6.03 Å². The van der Waals surface area contributed by atoms with Gasteiger partial charge in [-0.3, -0.25) is 0 Å². The van der Waals surface area contributed by atoms with E-state index in [1.54, 1.807) is 0 Å². The first-order chi connectivity index (χ1) is 19.2. The lowest BCUT2D eigenvalue weighted by Gasteiger charge is -2.38. The Hall–Kier alpha value is -3.89. The number of ether oxygens (including phenoxy) is 1. The lowest BCUT2D eigenvalue weighted by Crippen LogP contribution is -2.55. The molecule has 39 heavy (non-hydrogen) atoms. The number of imidazole rings is 1. The highest BCUT2D eigenvalue weighted by Crippen LogP contribution is 2.26. The zero-order valence-electron chi connectivity index (χ0n) is 21.7. The normalized spacial score (nSPS) is 16.1. The molecular weight excluding hydrogens is 516 g/mol. The Morgan fingerprint density at radius 1 is 0.897 bits per heavy atom. The van der Waals surface area contributed by atoms with Crippen LogP contribution in [-0.2, 0) is 17.8 Å². The van der Waals surface area contributed by atoms with Crippen LogP contribution >= 0.6 is 11.6 Å². The van der Waals surface area contributed by atoms with Gasteiger partial charge in [0.15, 0.2) is 17.0 Å². The average molecular weight is 547 g/mol. The molecule has 0 atom stereocenters. The quantitative estimate of drug-likeness (QED) is 0.394. The maximum absolute atomic E-state index is 13.0. The van der Waals surface area contributed by atoms with Gasteiger partial charge in [-0.05, 0) is 17.2 Å². The fraction of sp³-hybridized carbons (Fsp3) is 0.357. The van der Waals surface area contributed by atoms with Crippen LogP contribution in [0.25, 0.3) is 11.2 Å². The lowest BCUT2D eigenvalue weighted by atomic mass is 10.2. The predicted octanol–water partition coefficient (Wildman–Crippen LogP) is 3.71. The van der Waals surface area contributed by atoms with Crippen LogP contribution in [0.4, 0.5) is 16.6 Å². The fourth-order valence-electron chi connectivity index (χ4n) is 4.97. The highest BCUT2D eigenvalue weighted by atomic mass is 35.5. The molecule has 0 radical (unpaired) electrons. The van der Waals surface area contributed by atoms with Crippen LogP contribution < -0.4 is 10.2 Å². The van der Waals surface area contributed by atoms with E-state index >= 15 is 0 Å². The number of hydrogen-bond acceptors (Lipinski definition) is 7. The standard InChI is InChI=1S/C28H31ClN8O2/c29-23-9-5-4-8-22(23)18-30-25-24-26(37(20-31-24)19-21-6-2-1-3-7-21)33-27(32-25)34-10-12-35(13-11-34)28(38)36-14-16-39-17-15-36/h1-9,20H,10-19H2,(H,30,32,33). The summed E-state index contributed by atoms with van der Waals surface area (Å²) < 4.78 is 7.45. The number of piperazine rings is 1. The fourth-order valence-corrected chi connectivity index (χ4v) is 5.17. The van der Waals surface area contributed by atoms with Gasteiger partial charge in [0.25, 0.3) is 0 Å². The topological polar surface area (TPSA) is 91.7 Å². The van der Waals surface area contributed by atoms with Gasteiger partial charge in [-0.15, -0.1) is 0 Å². The van der Waals surface area contributed by atoms with Crippen molar-refractivity contribution in [3.8, 4) is 0 Å². The predicted molar refractivity (Wildman–Crippen MR) is 151 cm³/mol. The van der Waals surface area contributed by atoms with Gasteiger partial charge in [0, 0.05) is 50.8 Å². The number of amides is 2. The molecule has 0 saturated carbocycles. The van der Waals surface area contributed by atoms with Crippen molar-refractivity contribution < 1.29 is 9.53 Å². The van der Waals surface area contributed by atoms with Gasteiger partial charge in [0.2, 0.25) is 5.95 Å². The second-order valence-corrected chi connectivity index (χ2v) is 10.1. The molecule has 2 amide bonds. The van der Waals surface area contributed by atoms with Crippen molar-refractivity contribution in [3.05, 3.63) is 77.1 Å². The summed E-state index contributed by atoms with van der Waals surface area (Å²) in [6.07, 6.45) is 1.82. The van der Waals surface area contributed by atoms with E-state index in [9.17, 15) is 4.79 Å². The van der Waals surface area contributed by atoms with Crippen molar-refractivity contribution in [3.63, 3.8) is 0 Å². The van der Waals surface area contributed by atoms with Crippen molar-refractivity contribution in [2.24, 2.45) is 0 Å². The maximum atomic E-state index is 13.0. The third-order valence-electron chi connectivity index (χ3n) is 7.17. The lowest BCUT2D eigenvalue weighted by molar-refractivity contribution is 0.0428. The highest BCUT2D eigenvalue weighted by molar-refractivity contribution is 6.31. The van der Waals surface area contributed by atoms with Crippen LogP contribution in [0, 0.1) is 0 Å². The molecule has 1 N–H and O–H groups in total. The summed E-state index contributed by atoms with van der Waals surface area (Å²) in [5.41, 5.74) is 3.62. The number of hydrogen-bond donors (Lipinski definition) is 1. The van der Waals surface area contributed by atoms with Crippen LogP contribution in [0.1, 0.15) is 11.1 Å². The Morgan fingerprint density at radius 2 is 1.62 bits per heavy atom. The number of anilines is 2. The minimum absolute atomic E-state index is 0.0809. The van der Waals surface area contributed by atoms with E-state index in [2.05, 4.69) is 31.9 Å². The SMILES string of the molecule is O=C(N1CCOCC1)N1CCN(c2nc(NCc3ccccc3Cl)c3ncn(Cc4ccccc4)c3n2)CC1. The van der Waals surface area contributed by atoms with Crippen molar-refractivity contribution in [1.82, 2.24) is 29.3 Å². The third-order valence-corrected chi connectivity index (χ3v) is 7.54. The van der Waals surface area contributed by atoms with E-state index < -0.39 is 0 Å². The molecule has 2 aliphatic heterocycles. The number of carbonyl (C=O) groups is 1. The number of nitrogens with zero attached hydrogens (tertiary/aromatic N) is 7. The second-order valence-electron chi connectivity index (χ2n) is 9.70. The Morgan fingerprint density at radius 3 is 2.38 bits per heavy atom. The number of fused-ring (bicyclic) bond motifs is 1. The smallest absolute Gasteiger partial charge is 0.320 e. The van der Waals surface area contributed by atoms with E-state index in [0.29, 0.717) is 87.9 Å². The molecule has 4 aromatic rings. The van der Waals surface area contributed by atoms with Gasteiger partial charge in [-0.25, -0.2) is 9.78 Å². The largest absolute Gasteiger partial charge is 0.378 e. The molecule has 6 rings (SSSR count). The van der Waals surface area contributed by atoms with Gasteiger partial charge < -0.3 is 29.3 Å². The number of aromatic nitrogens is 4. The first kappa shape index (κ1) is 25.4. The minimum Gasteiger partial charge on any atom is -0.378 e. The van der Waals surface area contributed by atoms with E-state index in [1.165, 1.54) is 0 Å². The Bertz CT molecular complexity index is 1430. The highest BCUT2D eigenvalue weighted by Gasteiger charge is 2.28.